The molecular weight excluding hydrogens is 170 g/mol. The maximum absolute atomic E-state index is 11.3. The standard InChI is InChI=1S/C9H11NOS/c1-5(2)7-8-6(3-4-12-8)9(11)10-7/h3-5,7H,1-2H3,(H,10,11). The highest BCUT2D eigenvalue weighted by Gasteiger charge is 2.31. The Bertz CT molecular complexity index is 316. The van der Waals surface area contributed by atoms with E-state index >= 15 is 0 Å². The normalized spacial score (nSPS) is 21.2. The summed E-state index contributed by atoms with van der Waals surface area (Å²) in [5, 5.41) is 4.96. The molecule has 3 heteroatoms. The molecule has 0 saturated carbocycles. The first kappa shape index (κ1) is 7.80. The fourth-order valence-electron chi connectivity index (χ4n) is 1.50. The predicted octanol–water partition coefficient (Wildman–Crippen LogP) is 2.19. The first-order chi connectivity index (χ1) is 5.70. The van der Waals surface area contributed by atoms with Crippen molar-refractivity contribution in [2.75, 3.05) is 0 Å². The fourth-order valence-corrected chi connectivity index (χ4v) is 2.62. The van der Waals surface area contributed by atoms with Crippen LogP contribution in [-0.4, -0.2) is 5.91 Å². The van der Waals surface area contributed by atoms with Crippen LogP contribution in [0, 0.1) is 5.92 Å². The summed E-state index contributed by atoms with van der Waals surface area (Å²) in [7, 11) is 0. The number of amides is 1. The van der Waals surface area contributed by atoms with Gasteiger partial charge in [-0.1, -0.05) is 13.8 Å². The molecule has 0 radical (unpaired) electrons. The lowest BCUT2D eigenvalue weighted by Gasteiger charge is -2.13. The molecule has 1 N–H and O–H groups in total. The summed E-state index contributed by atoms with van der Waals surface area (Å²) in [4.78, 5) is 12.5. The zero-order chi connectivity index (χ0) is 8.72. The van der Waals surface area contributed by atoms with Gasteiger partial charge in [-0.2, -0.15) is 0 Å². The summed E-state index contributed by atoms with van der Waals surface area (Å²) in [5.41, 5.74) is 0.874. The maximum Gasteiger partial charge on any atom is 0.253 e. The van der Waals surface area contributed by atoms with Crippen LogP contribution in [0.15, 0.2) is 11.4 Å². The summed E-state index contributed by atoms with van der Waals surface area (Å²) in [6, 6.07) is 2.14. The highest BCUT2D eigenvalue weighted by atomic mass is 32.1. The number of carbonyl (C=O) groups is 1. The van der Waals surface area contributed by atoms with Gasteiger partial charge in [0.25, 0.3) is 5.91 Å². The van der Waals surface area contributed by atoms with Gasteiger partial charge in [-0.15, -0.1) is 11.3 Å². The van der Waals surface area contributed by atoms with Crippen LogP contribution in [0.1, 0.15) is 35.1 Å². The molecule has 0 aliphatic carbocycles. The molecule has 0 fully saturated rings. The zero-order valence-electron chi connectivity index (χ0n) is 7.13. The van der Waals surface area contributed by atoms with Gasteiger partial charge in [-0.25, -0.2) is 0 Å². The molecular formula is C9H11NOS. The second-order valence-corrected chi connectivity index (χ2v) is 4.34. The van der Waals surface area contributed by atoms with E-state index in [4.69, 9.17) is 0 Å². The van der Waals surface area contributed by atoms with Crippen LogP contribution < -0.4 is 5.32 Å². The molecule has 1 aliphatic heterocycles. The molecule has 0 saturated heterocycles. The van der Waals surface area contributed by atoms with Gasteiger partial charge in [0.1, 0.15) is 0 Å². The fraction of sp³-hybridized carbons (Fsp3) is 0.444. The largest absolute Gasteiger partial charge is 0.344 e. The quantitative estimate of drug-likeness (QED) is 0.707. The Morgan fingerprint density at radius 3 is 3.00 bits per heavy atom. The molecule has 1 unspecified atom stereocenters. The number of nitrogens with one attached hydrogen (secondary N) is 1. The highest BCUT2D eigenvalue weighted by Crippen LogP contribution is 2.34. The van der Waals surface area contributed by atoms with Crippen molar-refractivity contribution in [3.63, 3.8) is 0 Å². The van der Waals surface area contributed by atoms with Crippen molar-refractivity contribution in [2.24, 2.45) is 5.92 Å². The Morgan fingerprint density at radius 2 is 2.33 bits per heavy atom. The van der Waals surface area contributed by atoms with Gasteiger partial charge in [-0.05, 0) is 17.4 Å². The Kier molecular flexibility index (Phi) is 1.68. The minimum absolute atomic E-state index is 0.0879. The van der Waals surface area contributed by atoms with Gasteiger partial charge in [0.05, 0.1) is 11.6 Å². The molecule has 1 aromatic heterocycles. The van der Waals surface area contributed by atoms with Crippen molar-refractivity contribution in [2.45, 2.75) is 19.9 Å². The smallest absolute Gasteiger partial charge is 0.253 e. The van der Waals surface area contributed by atoms with Crippen molar-refractivity contribution in [3.8, 4) is 0 Å². The second kappa shape index (κ2) is 2.59. The SMILES string of the molecule is CC(C)C1NC(=O)c2ccsc21. The minimum atomic E-state index is 0.0879. The number of fused-ring (bicyclic) bond motifs is 1. The van der Waals surface area contributed by atoms with Crippen LogP contribution >= 0.6 is 11.3 Å². The van der Waals surface area contributed by atoms with E-state index < -0.39 is 0 Å². The van der Waals surface area contributed by atoms with Gasteiger partial charge in [-0.3, -0.25) is 4.79 Å². The first-order valence-electron chi connectivity index (χ1n) is 4.08. The number of hydrogen-bond acceptors (Lipinski definition) is 2. The Labute approximate surface area is 75.6 Å². The third-order valence-electron chi connectivity index (χ3n) is 2.18. The molecule has 0 aromatic carbocycles. The number of hydrogen-bond donors (Lipinski definition) is 1. The van der Waals surface area contributed by atoms with Crippen molar-refractivity contribution >= 4 is 17.2 Å². The van der Waals surface area contributed by atoms with E-state index in [2.05, 4.69) is 19.2 Å². The van der Waals surface area contributed by atoms with E-state index in [1.807, 2.05) is 11.4 Å². The third-order valence-corrected chi connectivity index (χ3v) is 3.18. The number of thiophene rings is 1. The predicted molar refractivity (Wildman–Crippen MR) is 49.4 cm³/mol. The lowest BCUT2D eigenvalue weighted by molar-refractivity contribution is 0.0949. The van der Waals surface area contributed by atoms with Gasteiger partial charge in [0.2, 0.25) is 0 Å². The molecule has 2 rings (SSSR count). The summed E-state index contributed by atoms with van der Waals surface area (Å²) in [6.45, 7) is 4.25. The molecule has 2 nitrogen and oxygen atoms in total. The van der Waals surface area contributed by atoms with E-state index in [1.165, 1.54) is 4.88 Å². The van der Waals surface area contributed by atoms with Crippen LogP contribution in [0.3, 0.4) is 0 Å². The maximum atomic E-state index is 11.3. The average Bonchev–Trinajstić information content (AvgIpc) is 2.53. The number of carbonyl (C=O) groups excluding carboxylic acids is 1. The van der Waals surface area contributed by atoms with Crippen LogP contribution in [-0.2, 0) is 0 Å². The van der Waals surface area contributed by atoms with E-state index in [-0.39, 0.29) is 11.9 Å². The molecule has 64 valence electrons. The molecule has 2 heterocycles. The van der Waals surface area contributed by atoms with Crippen molar-refractivity contribution in [3.05, 3.63) is 21.9 Å². The van der Waals surface area contributed by atoms with Crippen LogP contribution in [0.5, 0.6) is 0 Å². The Balaban J connectivity index is 2.42. The summed E-state index contributed by atoms with van der Waals surface area (Å²) >= 11 is 1.67. The highest BCUT2D eigenvalue weighted by molar-refractivity contribution is 7.10. The monoisotopic (exact) mass is 181 g/mol. The minimum Gasteiger partial charge on any atom is -0.344 e. The van der Waals surface area contributed by atoms with E-state index in [1.54, 1.807) is 11.3 Å². The second-order valence-electron chi connectivity index (χ2n) is 3.39. The van der Waals surface area contributed by atoms with Crippen molar-refractivity contribution in [1.29, 1.82) is 0 Å². The van der Waals surface area contributed by atoms with Gasteiger partial charge in [0.15, 0.2) is 0 Å². The van der Waals surface area contributed by atoms with Crippen LogP contribution in [0.2, 0.25) is 0 Å². The van der Waals surface area contributed by atoms with Gasteiger partial charge in [0, 0.05) is 4.88 Å². The lowest BCUT2D eigenvalue weighted by atomic mass is 10.0. The summed E-state index contributed by atoms with van der Waals surface area (Å²) in [5.74, 6) is 0.568. The summed E-state index contributed by atoms with van der Waals surface area (Å²) in [6.07, 6.45) is 0. The van der Waals surface area contributed by atoms with Crippen LogP contribution in [0.25, 0.3) is 0 Å². The zero-order valence-corrected chi connectivity index (χ0v) is 7.94. The number of rotatable bonds is 1. The molecule has 1 aliphatic rings. The van der Waals surface area contributed by atoms with E-state index in [9.17, 15) is 4.79 Å². The van der Waals surface area contributed by atoms with Crippen molar-refractivity contribution < 1.29 is 4.79 Å². The molecule has 1 aromatic rings. The Morgan fingerprint density at radius 1 is 1.58 bits per heavy atom. The van der Waals surface area contributed by atoms with E-state index in [0.29, 0.717) is 5.92 Å². The topological polar surface area (TPSA) is 29.1 Å². The summed E-state index contributed by atoms with van der Waals surface area (Å²) < 4.78 is 0. The Hall–Kier alpha value is -0.830. The van der Waals surface area contributed by atoms with Gasteiger partial charge < -0.3 is 5.32 Å². The first-order valence-corrected chi connectivity index (χ1v) is 4.96. The third kappa shape index (κ3) is 0.966. The average molecular weight is 181 g/mol. The van der Waals surface area contributed by atoms with Gasteiger partial charge >= 0.3 is 0 Å². The van der Waals surface area contributed by atoms with Crippen molar-refractivity contribution in [1.82, 2.24) is 5.32 Å². The van der Waals surface area contributed by atoms with E-state index in [0.717, 1.165) is 5.56 Å². The van der Waals surface area contributed by atoms with Crippen LogP contribution in [0.4, 0.5) is 0 Å². The molecule has 1 amide bonds. The molecule has 12 heavy (non-hydrogen) atoms. The molecule has 0 bridgehead atoms. The lowest BCUT2D eigenvalue weighted by Crippen LogP contribution is -2.22. The molecule has 1 atom stereocenters. The molecule has 0 spiro atoms.